The number of hydrogen-bond acceptors (Lipinski definition) is 12. The molecule has 0 unspecified atom stereocenters. The lowest BCUT2D eigenvalue weighted by Gasteiger charge is -2.11. The van der Waals surface area contributed by atoms with Crippen molar-refractivity contribution in [1.82, 2.24) is 61.2 Å². The summed E-state index contributed by atoms with van der Waals surface area (Å²) in [5.41, 5.74) is 15.1. The summed E-state index contributed by atoms with van der Waals surface area (Å²) in [5, 5.41) is 49.5. The van der Waals surface area contributed by atoms with Crippen molar-refractivity contribution >= 4 is 0 Å². The molecule has 6 rings (SSSR count). The Hall–Kier alpha value is -5.52. The van der Waals surface area contributed by atoms with Gasteiger partial charge in [-0.3, -0.25) is 0 Å². The molecular weight excluding hydrogens is 1130 g/mol. The topological polar surface area (TPSA) is 155 Å². The Morgan fingerprint density at radius 3 is 0.902 bits per heavy atom. The molecule has 0 fully saturated rings. The molecule has 0 aliphatic carbocycles. The van der Waals surface area contributed by atoms with Crippen molar-refractivity contribution in [2.24, 2.45) is 71.0 Å². The number of aromatic nitrogens is 12. The zero-order valence-corrected chi connectivity index (χ0v) is 63.4. The highest BCUT2D eigenvalue weighted by Gasteiger charge is 2.11. The maximum atomic E-state index is 4.28. The van der Waals surface area contributed by atoms with E-state index >= 15 is 0 Å². The van der Waals surface area contributed by atoms with Gasteiger partial charge in [-0.15, -0.1) is 0 Å². The first-order valence-electron chi connectivity index (χ1n) is 36.3. The minimum absolute atomic E-state index is 0.653. The van der Waals surface area contributed by atoms with Gasteiger partial charge in [0, 0.05) is 6.20 Å². The molecule has 6 aromatic heterocycles. The second kappa shape index (κ2) is 50.0. The van der Waals surface area contributed by atoms with E-state index in [0.717, 1.165) is 153 Å². The summed E-state index contributed by atoms with van der Waals surface area (Å²) >= 11 is 0. The van der Waals surface area contributed by atoms with Crippen LogP contribution in [-0.2, 0) is 77.0 Å². The average Bonchev–Trinajstić information content (AvgIpc) is 1.76. The van der Waals surface area contributed by atoms with Gasteiger partial charge in [0.1, 0.15) is 0 Å². The number of nitrogens with zero attached hydrogens (tertiary/aromatic N) is 12. The quantitative estimate of drug-likeness (QED) is 0.0395. The van der Waals surface area contributed by atoms with Gasteiger partial charge in [-0.1, -0.05) is 166 Å². The fourth-order valence-corrected chi connectivity index (χ4v) is 9.60. The van der Waals surface area contributed by atoms with E-state index in [0.29, 0.717) is 23.7 Å². The molecular formula is C80H136N12. The standard InChI is InChI=1S/4C14H24N2.2C12H20N2/c1-11(2)5-7-13-9-15-16-10-14(13)8-6-12(3)4;1-11(2)5-7-13-9-14(16-15-10-13)8-6-12(3)4;1-11(2)5-7-13-9-10-15-16-14(13)8-6-12(3)4;1-11(2)5-7-13-9-10-14(16-15-13)8-6-12(3)4;1-9(2)5-11-7-13-14-8-12(11)6-10(3)4;1-9(2)7-11-5-6-12(14-13-11)8-10(3)4/h4*9-12H,5-8H2,1-4H3;7-10H,5-6H2,1-4H3;5-6,9-10H,7-8H2,1-4H3. The van der Waals surface area contributed by atoms with Crippen LogP contribution in [0, 0.1) is 71.0 Å². The highest BCUT2D eigenvalue weighted by molar-refractivity contribution is 5.23. The summed E-state index contributed by atoms with van der Waals surface area (Å²) in [6, 6.07) is 12.8. The first-order valence-corrected chi connectivity index (χ1v) is 36.3. The molecule has 0 bridgehead atoms. The van der Waals surface area contributed by atoms with E-state index in [1.165, 1.54) is 90.4 Å². The van der Waals surface area contributed by atoms with E-state index in [4.69, 9.17) is 0 Å². The Labute approximate surface area is 565 Å². The molecule has 6 aromatic rings. The minimum atomic E-state index is 0.653. The number of hydrogen-bond donors (Lipinski definition) is 0. The van der Waals surface area contributed by atoms with E-state index in [1.807, 2.05) is 37.2 Å². The van der Waals surface area contributed by atoms with Crippen LogP contribution in [0.15, 0.2) is 73.6 Å². The van der Waals surface area contributed by atoms with Crippen LogP contribution < -0.4 is 0 Å². The molecule has 0 N–H and O–H groups in total. The fraction of sp³-hybridized carbons (Fsp3) is 0.700. The van der Waals surface area contributed by atoms with Gasteiger partial charge in [0.05, 0.1) is 65.1 Å². The van der Waals surface area contributed by atoms with Crippen LogP contribution in [0.2, 0.25) is 0 Å². The zero-order chi connectivity index (χ0) is 69.0. The van der Waals surface area contributed by atoms with Crippen molar-refractivity contribution in [1.29, 1.82) is 0 Å². The van der Waals surface area contributed by atoms with Crippen molar-refractivity contribution in [2.45, 2.75) is 295 Å². The molecule has 0 aliphatic rings. The minimum Gasteiger partial charge on any atom is -0.159 e. The third-order valence-electron chi connectivity index (χ3n) is 15.4. The molecule has 92 heavy (non-hydrogen) atoms. The van der Waals surface area contributed by atoms with Gasteiger partial charge in [-0.05, 0) is 269 Å². The van der Waals surface area contributed by atoms with Gasteiger partial charge in [-0.25, -0.2) is 0 Å². The summed E-state index contributed by atoms with van der Waals surface area (Å²) in [4.78, 5) is 0. The third-order valence-corrected chi connectivity index (χ3v) is 15.4. The molecule has 6 heterocycles. The van der Waals surface area contributed by atoms with E-state index in [-0.39, 0.29) is 0 Å². The molecule has 0 atom stereocenters. The van der Waals surface area contributed by atoms with Crippen molar-refractivity contribution in [3.63, 3.8) is 0 Å². The van der Waals surface area contributed by atoms with Crippen LogP contribution in [0.4, 0.5) is 0 Å². The maximum absolute atomic E-state index is 4.28. The molecule has 0 aromatic carbocycles. The highest BCUT2D eigenvalue weighted by Crippen LogP contribution is 2.20. The second-order valence-corrected chi connectivity index (χ2v) is 31.0. The molecule has 0 spiro atoms. The first-order chi connectivity index (χ1) is 43.5. The van der Waals surface area contributed by atoms with Crippen LogP contribution in [0.5, 0.6) is 0 Å². The van der Waals surface area contributed by atoms with E-state index in [2.05, 4.69) is 264 Å². The Bertz CT molecular complexity index is 2470. The zero-order valence-electron chi connectivity index (χ0n) is 63.4. The summed E-state index contributed by atoms with van der Waals surface area (Å²) < 4.78 is 0. The van der Waals surface area contributed by atoms with Gasteiger partial charge in [0.15, 0.2) is 0 Å². The monoisotopic (exact) mass is 1270 g/mol. The van der Waals surface area contributed by atoms with E-state index < -0.39 is 0 Å². The van der Waals surface area contributed by atoms with Gasteiger partial charge in [-0.2, -0.15) is 61.2 Å². The predicted octanol–water partition coefficient (Wildman–Crippen LogP) is 20.4. The summed E-state index contributed by atoms with van der Waals surface area (Å²) in [5.74, 6) is 8.65. The first kappa shape index (κ1) is 84.5. The van der Waals surface area contributed by atoms with E-state index in [9.17, 15) is 0 Å². The van der Waals surface area contributed by atoms with Crippen molar-refractivity contribution in [3.05, 3.63) is 141 Å². The van der Waals surface area contributed by atoms with Crippen molar-refractivity contribution in [2.75, 3.05) is 0 Å². The molecule has 12 heteroatoms. The Morgan fingerprint density at radius 2 is 0.543 bits per heavy atom. The van der Waals surface area contributed by atoms with Crippen LogP contribution in [-0.4, -0.2) is 61.2 Å². The normalized spacial score (nSPS) is 11.3. The molecule has 0 aliphatic heterocycles. The van der Waals surface area contributed by atoms with Crippen LogP contribution in [0.3, 0.4) is 0 Å². The van der Waals surface area contributed by atoms with E-state index in [1.54, 1.807) is 0 Å². The van der Waals surface area contributed by atoms with Crippen molar-refractivity contribution in [3.8, 4) is 0 Å². The molecule has 516 valence electrons. The Kier molecular flexibility index (Phi) is 45.9. The predicted molar refractivity (Wildman–Crippen MR) is 392 cm³/mol. The molecule has 0 amide bonds. The third kappa shape index (κ3) is 45.7. The highest BCUT2D eigenvalue weighted by atomic mass is 15.1. The summed E-state index contributed by atoms with van der Waals surface area (Å²) in [6.07, 6.45) is 34.2. The van der Waals surface area contributed by atoms with Gasteiger partial charge < -0.3 is 0 Å². The molecule has 12 nitrogen and oxygen atoms in total. The number of aryl methyl sites for hydroxylation is 8. The van der Waals surface area contributed by atoms with Gasteiger partial charge >= 0.3 is 0 Å². The lowest BCUT2D eigenvalue weighted by Crippen LogP contribution is -2.04. The molecule has 0 radical (unpaired) electrons. The van der Waals surface area contributed by atoms with Gasteiger partial charge in [0.2, 0.25) is 0 Å². The van der Waals surface area contributed by atoms with Gasteiger partial charge in [0.25, 0.3) is 0 Å². The lowest BCUT2D eigenvalue weighted by molar-refractivity contribution is 0.562. The fourth-order valence-electron chi connectivity index (χ4n) is 9.60. The lowest BCUT2D eigenvalue weighted by atomic mass is 9.95. The smallest absolute Gasteiger partial charge is 0.0663 e. The maximum Gasteiger partial charge on any atom is 0.0663 e. The SMILES string of the molecule is CC(C)CCc1ccc(CCC(C)C)nn1.CC(C)CCc1ccnnc1CCC(C)C.CC(C)CCc1cnnc(CCC(C)C)c1.CC(C)CCc1cnncc1CCC(C)C.CC(C)Cc1ccc(CC(C)C)nn1.CC(C)Cc1cnncc1CC(C)C. The van der Waals surface area contributed by atoms with Crippen LogP contribution in [0.1, 0.15) is 285 Å². The van der Waals surface area contributed by atoms with Crippen LogP contribution >= 0.6 is 0 Å². The summed E-state index contributed by atoms with van der Waals surface area (Å²) in [7, 11) is 0. The molecule has 0 saturated heterocycles. The molecule has 0 saturated carbocycles. The number of rotatable bonds is 32. The largest absolute Gasteiger partial charge is 0.159 e. The summed E-state index contributed by atoms with van der Waals surface area (Å²) in [6.45, 7) is 53.8. The second-order valence-electron chi connectivity index (χ2n) is 31.0. The Morgan fingerprint density at radius 1 is 0.228 bits per heavy atom. The van der Waals surface area contributed by atoms with Crippen LogP contribution in [0.25, 0.3) is 0 Å². The average molecular weight is 1270 g/mol. The van der Waals surface area contributed by atoms with Crippen molar-refractivity contribution < 1.29 is 0 Å². The Balaban J connectivity index is 0.000000552.